The van der Waals surface area contributed by atoms with Crippen molar-refractivity contribution in [1.29, 1.82) is 0 Å². The number of carboxylic acid groups (broad SMARTS) is 1. The van der Waals surface area contributed by atoms with Gasteiger partial charge in [-0.3, -0.25) is 0 Å². The molecule has 0 spiro atoms. The molecule has 0 unspecified atom stereocenters. The fraction of sp³-hybridized carbons (Fsp3) is 0.500. The molecule has 0 fully saturated rings. The Hall–Kier alpha value is -1.31. The number of benzene rings is 1. The molecule has 1 aromatic rings. The Morgan fingerprint density at radius 2 is 1.62 bits per heavy atom. The number of aromatic carboxylic acids is 1. The van der Waals surface area contributed by atoms with Gasteiger partial charge in [0.15, 0.2) is 0 Å². The molecule has 0 bridgehead atoms. The number of aryl methyl sites for hydroxylation is 1. The first kappa shape index (κ1) is 12.8. The molecule has 0 aromatic heterocycles. The quantitative estimate of drug-likeness (QED) is 0.785. The average molecular weight is 220 g/mol. The summed E-state index contributed by atoms with van der Waals surface area (Å²) in [4.78, 5) is 11.4. The van der Waals surface area contributed by atoms with Crippen LogP contribution in [0.15, 0.2) is 6.07 Å². The molecule has 2 heteroatoms. The average Bonchev–Trinajstić information content (AvgIpc) is 2.11. The smallest absolute Gasteiger partial charge is 0.336 e. The number of carboxylic acids is 1. The molecule has 1 N–H and O–H groups in total. The Balaban J connectivity index is 3.67. The lowest BCUT2D eigenvalue weighted by Gasteiger charge is -2.24. The van der Waals surface area contributed by atoms with Crippen LogP contribution in [0.25, 0.3) is 0 Å². The Bertz CT molecular complexity index is 437. The molecule has 0 atom stereocenters. The Morgan fingerprint density at radius 1 is 1.12 bits per heavy atom. The molecular weight excluding hydrogens is 200 g/mol. The van der Waals surface area contributed by atoms with Crippen molar-refractivity contribution in [2.75, 3.05) is 0 Å². The number of hydrogen-bond acceptors (Lipinski definition) is 1. The normalized spacial score (nSPS) is 11.6. The second-order valence-electron chi connectivity index (χ2n) is 5.42. The van der Waals surface area contributed by atoms with Crippen LogP contribution in [0.5, 0.6) is 0 Å². The lowest BCUT2D eigenvalue weighted by atomic mass is 9.80. The molecule has 0 aliphatic heterocycles. The Labute approximate surface area is 97.3 Å². The monoisotopic (exact) mass is 220 g/mol. The van der Waals surface area contributed by atoms with Crippen molar-refractivity contribution < 1.29 is 9.90 Å². The predicted molar refractivity (Wildman–Crippen MR) is 66.3 cm³/mol. The summed E-state index contributed by atoms with van der Waals surface area (Å²) in [5.74, 6) is -0.828. The summed E-state index contributed by atoms with van der Waals surface area (Å²) in [6.45, 7) is 12.0. The van der Waals surface area contributed by atoms with E-state index in [-0.39, 0.29) is 5.41 Å². The van der Waals surface area contributed by atoms with Gasteiger partial charge in [0.05, 0.1) is 5.56 Å². The summed E-state index contributed by atoms with van der Waals surface area (Å²) in [5, 5.41) is 9.33. The zero-order valence-electron chi connectivity index (χ0n) is 10.9. The van der Waals surface area contributed by atoms with E-state index < -0.39 is 5.97 Å². The number of carbonyl (C=O) groups is 1. The molecule has 0 saturated carbocycles. The van der Waals surface area contributed by atoms with Crippen molar-refractivity contribution in [3.63, 3.8) is 0 Å². The maximum Gasteiger partial charge on any atom is 0.336 e. The van der Waals surface area contributed by atoms with Crippen LogP contribution in [0.4, 0.5) is 0 Å². The first-order valence-electron chi connectivity index (χ1n) is 5.51. The minimum Gasteiger partial charge on any atom is -0.478 e. The van der Waals surface area contributed by atoms with Gasteiger partial charge in [-0.1, -0.05) is 26.8 Å². The van der Waals surface area contributed by atoms with Crippen molar-refractivity contribution in [2.24, 2.45) is 0 Å². The molecular formula is C14H20O2. The molecule has 0 radical (unpaired) electrons. The zero-order chi connectivity index (χ0) is 12.7. The molecule has 0 amide bonds. The minimum atomic E-state index is -0.828. The molecule has 0 heterocycles. The van der Waals surface area contributed by atoms with Crippen LogP contribution in [0.3, 0.4) is 0 Å². The van der Waals surface area contributed by atoms with Crippen LogP contribution in [0.1, 0.15) is 53.4 Å². The van der Waals surface area contributed by atoms with E-state index in [0.29, 0.717) is 5.56 Å². The highest BCUT2D eigenvalue weighted by Gasteiger charge is 2.24. The number of hydrogen-bond donors (Lipinski definition) is 1. The van der Waals surface area contributed by atoms with Gasteiger partial charge in [-0.2, -0.15) is 0 Å². The molecule has 0 aliphatic carbocycles. The molecule has 16 heavy (non-hydrogen) atoms. The summed E-state index contributed by atoms with van der Waals surface area (Å²) in [7, 11) is 0. The Kier molecular flexibility index (Phi) is 3.13. The summed E-state index contributed by atoms with van der Waals surface area (Å²) < 4.78 is 0. The fourth-order valence-electron chi connectivity index (χ4n) is 1.95. The topological polar surface area (TPSA) is 37.3 Å². The maximum atomic E-state index is 11.4. The van der Waals surface area contributed by atoms with Crippen LogP contribution in [-0.4, -0.2) is 11.1 Å². The van der Waals surface area contributed by atoms with E-state index in [0.717, 1.165) is 22.3 Å². The van der Waals surface area contributed by atoms with Crippen molar-refractivity contribution >= 4 is 5.97 Å². The van der Waals surface area contributed by atoms with Gasteiger partial charge in [-0.25, -0.2) is 4.79 Å². The molecule has 1 rings (SSSR count). The van der Waals surface area contributed by atoms with Gasteiger partial charge in [0, 0.05) is 0 Å². The zero-order valence-corrected chi connectivity index (χ0v) is 10.9. The van der Waals surface area contributed by atoms with Gasteiger partial charge in [-0.15, -0.1) is 0 Å². The first-order valence-corrected chi connectivity index (χ1v) is 5.51. The van der Waals surface area contributed by atoms with Crippen molar-refractivity contribution in [3.05, 3.63) is 33.9 Å². The highest BCUT2D eigenvalue weighted by molar-refractivity contribution is 5.92. The van der Waals surface area contributed by atoms with E-state index in [2.05, 4.69) is 0 Å². The third-order valence-electron chi connectivity index (χ3n) is 3.18. The second kappa shape index (κ2) is 3.93. The minimum absolute atomic E-state index is 0.142. The van der Waals surface area contributed by atoms with Gasteiger partial charge >= 0.3 is 5.97 Å². The summed E-state index contributed by atoms with van der Waals surface area (Å²) in [5.41, 5.74) is 4.36. The van der Waals surface area contributed by atoms with Gasteiger partial charge in [-0.05, 0) is 48.4 Å². The maximum absolute atomic E-state index is 11.4. The van der Waals surface area contributed by atoms with E-state index in [9.17, 15) is 9.90 Å². The van der Waals surface area contributed by atoms with E-state index in [4.69, 9.17) is 0 Å². The van der Waals surface area contributed by atoms with Gasteiger partial charge < -0.3 is 5.11 Å². The van der Waals surface area contributed by atoms with Crippen LogP contribution in [0.2, 0.25) is 0 Å². The predicted octanol–water partition coefficient (Wildman–Crippen LogP) is 3.61. The van der Waals surface area contributed by atoms with Crippen LogP contribution < -0.4 is 0 Å². The van der Waals surface area contributed by atoms with Crippen molar-refractivity contribution in [2.45, 2.75) is 47.0 Å². The summed E-state index contributed by atoms with van der Waals surface area (Å²) >= 11 is 0. The molecule has 88 valence electrons. The summed E-state index contributed by atoms with van der Waals surface area (Å²) in [6.07, 6.45) is 0. The van der Waals surface area contributed by atoms with E-state index in [1.807, 2.05) is 47.6 Å². The van der Waals surface area contributed by atoms with E-state index >= 15 is 0 Å². The molecule has 0 aliphatic rings. The lowest BCUT2D eigenvalue weighted by molar-refractivity contribution is 0.0693. The molecule has 0 saturated heterocycles. The largest absolute Gasteiger partial charge is 0.478 e. The van der Waals surface area contributed by atoms with Gasteiger partial charge in [0.1, 0.15) is 0 Å². The van der Waals surface area contributed by atoms with Crippen LogP contribution in [0, 0.1) is 20.8 Å². The second-order valence-corrected chi connectivity index (χ2v) is 5.42. The van der Waals surface area contributed by atoms with Crippen molar-refractivity contribution in [1.82, 2.24) is 0 Å². The number of rotatable bonds is 1. The van der Waals surface area contributed by atoms with Gasteiger partial charge in [0.2, 0.25) is 0 Å². The third kappa shape index (κ3) is 2.11. The van der Waals surface area contributed by atoms with E-state index in [1.54, 1.807) is 0 Å². The Morgan fingerprint density at radius 3 is 2.00 bits per heavy atom. The van der Waals surface area contributed by atoms with Crippen LogP contribution >= 0.6 is 0 Å². The fourth-order valence-corrected chi connectivity index (χ4v) is 1.95. The third-order valence-corrected chi connectivity index (χ3v) is 3.18. The summed E-state index contributed by atoms with van der Waals surface area (Å²) in [6, 6.07) is 2.01. The first-order chi connectivity index (χ1) is 7.16. The van der Waals surface area contributed by atoms with E-state index in [1.165, 1.54) is 0 Å². The van der Waals surface area contributed by atoms with Crippen LogP contribution in [-0.2, 0) is 5.41 Å². The van der Waals surface area contributed by atoms with Gasteiger partial charge in [0.25, 0.3) is 0 Å². The highest BCUT2D eigenvalue weighted by Crippen LogP contribution is 2.31. The SMILES string of the molecule is Cc1cc(C(C)(C)C)c(C(=O)O)c(C)c1C. The van der Waals surface area contributed by atoms with Crippen molar-refractivity contribution in [3.8, 4) is 0 Å². The molecule has 1 aromatic carbocycles. The molecule has 2 nitrogen and oxygen atoms in total. The standard InChI is InChI=1S/C14H20O2/c1-8-7-11(14(4,5)6)12(13(15)16)10(3)9(8)2/h7H,1-6H3,(H,15,16). The lowest BCUT2D eigenvalue weighted by Crippen LogP contribution is -2.19. The highest BCUT2D eigenvalue weighted by atomic mass is 16.4.